The Bertz CT molecular complexity index is 419. The van der Waals surface area contributed by atoms with Crippen molar-refractivity contribution < 1.29 is 0 Å². The second-order valence-electron chi connectivity index (χ2n) is 3.52. The van der Waals surface area contributed by atoms with E-state index < -0.39 is 0 Å². The molecule has 0 atom stereocenters. The van der Waals surface area contributed by atoms with Gasteiger partial charge in [-0.3, -0.25) is 0 Å². The van der Waals surface area contributed by atoms with E-state index in [1.54, 1.807) is 6.08 Å². The fourth-order valence-corrected chi connectivity index (χ4v) is 1.27. The molecule has 4 nitrogen and oxygen atoms in total. The van der Waals surface area contributed by atoms with Crippen molar-refractivity contribution in [2.45, 2.75) is 13.8 Å². The molecule has 18 heavy (non-hydrogen) atoms. The van der Waals surface area contributed by atoms with E-state index >= 15 is 0 Å². The summed E-state index contributed by atoms with van der Waals surface area (Å²) >= 11 is 0. The Labute approximate surface area is 109 Å². The summed E-state index contributed by atoms with van der Waals surface area (Å²) in [6, 6.07) is 0. The first kappa shape index (κ1) is 15.8. The Hall–Kier alpha value is -2.23. The minimum atomic E-state index is 0.716. The molecular formula is C14H22N4. The highest BCUT2D eigenvalue weighted by molar-refractivity contribution is 5.57. The van der Waals surface area contributed by atoms with Crippen molar-refractivity contribution in [1.29, 1.82) is 0 Å². The quantitative estimate of drug-likeness (QED) is 0.381. The van der Waals surface area contributed by atoms with Crippen molar-refractivity contribution in [1.82, 2.24) is 5.32 Å². The average molecular weight is 246 g/mol. The third-order valence-electron chi connectivity index (χ3n) is 2.20. The summed E-state index contributed by atoms with van der Waals surface area (Å²) < 4.78 is 0. The molecule has 0 fully saturated rings. The molecule has 0 aliphatic rings. The molecule has 0 unspecified atom stereocenters. The number of rotatable bonds is 6. The summed E-state index contributed by atoms with van der Waals surface area (Å²) in [6.07, 6.45) is 10.5. The monoisotopic (exact) mass is 246 g/mol. The number of nitrogens with zero attached hydrogens (tertiary/aromatic N) is 1. The maximum absolute atomic E-state index is 5.84. The lowest BCUT2D eigenvalue weighted by Crippen LogP contribution is -1.99. The first-order valence-corrected chi connectivity index (χ1v) is 5.65. The van der Waals surface area contributed by atoms with Gasteiger partial charge in [0.05, 0.1) is 12.0 Å². The Morgan fingerprint density at radius 2 is 2.06 bits per heavy atom. The molecule has 0 aromatic carbocycles. The van der Waals surface area contributed by atoms with Gasteiger partial charge < -0.3 is 16.8 Å². The Morgan fingerprint density at radius 1 is 1.39 bits per heavy atom. The lowest BCUT2D eigenvalue weighted by molar-refractivity contribution is 1.10. The van der Waals surface area contributed by atoms with E-state index in [1.807, 2.05) is 45.3 Å². The third kappa shape index (κ3) is 5.21. The van der Waals surface area contributed by atoms with Crippen molar-refractivity contribution in [2.24, 2.45) is 16.5 Å². The zero-order valence-corrected chi connectivity index (χ0v) is 11.3. The fraction of sp³-hybridized carbons (Fsp3) is 0.214. The molecule has 5 N–H and O–H groups in total. The molecule has 0 heterocycles. The van der Waals surface area contributed by atoms with Gasteiger partial charge in [-0.05, 0) is 43.3 Å². The molecule has 0 radical (unpaired) electrons. The van der Waals surface area contributed by atoms with Gasteiger partial charge in [-0.25, -0.2) is 4.99 Å². The molecule has 0 aromatic rings. The lowest BCUT2D eigenvalue weighted by atomic mass is 10.1. The lowest BCUT2D eigenvalue weighted by Gasteiger charge is -2.05. The van der Waals surface area contributed by atoms with Gasteiger partial charge in [0, 0.05) is 12.7 Å². The molecule has 98 valence electrons. The van der Waals surface area contributed by atoms with Crippen LogP contribution in [-0.4, -0.2) is 13.4 Å². The molecule has 0 saturated carbocycles. The van der Waals surface area contributed by atoms with E-state index in [0.717, 1.165) is 16.8 Å². The molecule has 0 aromatic heterocycles. The Balaban J connectivity index is 5.50. The minimum absolute atomic E-state index is 0.716. The Kier molecular flexibility index (Phi) is 7.77. The van der Waals surface area contributed by atoms with Crippen LogP contribution in [0, 0.1) is 0 Å². The summed E-state index contributed by atoms with van der Waals surface area (Å²) in [5, 5.41) is 2.92. The molecule has 0 bridgehead atoms. The van der Waals surface area contributed by atoms with Gasteiger partial charge >= 0.3 is 0 Å². The summed E-state index contributed by atoms with van der Waals surface area (Å²) in [5.41, 5.74) is 14.4. The van der Waals surface area contributed by atoms with Gasteiger partial charge in [-0.1, -0.05) is 18.7 Å². The maximum Gasteiger partial charge on any atom is 0.0860 e. The average Bonchev–Trinajstić information content (AvgIpc) is 2.36. The van der Waals surface area contributed by atoms with E-state index in [1.165, 1.54) is 6.34 Å². The van der Waals surface area contributed by atoms with Crippen LogP contribution in [-0.2, 0) is 0 Å². The van der Waals surface area contributed by atoms with Crippen molar-refractivity contribution >= 4 is 6.34 Å². The highest BCUT2D eigenvalue weighted by atomic mass is 14.8. The summed E-state index contributed by atoms with van der Waals surface area (Å²) in [4.78, 5) is 4.08. The third-order valence-corrected chi connectivity index (χ3v) is 2.20. The molecule has 0 saturated heterocycles. The van der Waals surface area contributed by atoms with Crippen molar-refractivity contribution in [3.63, 3.8) is 0 Å². The van der Waals surface area contributed by atoms with Gasteiger partial charge in [0.15, 0.2) is 0 Å². The predicted molar refractivity (Wildman–Crippen MR) is 79.8 cm³/mol. The molecule has 0 rings (SSSR count). The second kappa shape index (κ2) is 8.87. The van der Waals surface area contributed by atoms with E-state index in [9.17, 15) is 0 Å². The summed E-state index contributed by atoms with van der Waals surface area (Å²) in [5.74, 6) is 0. The topological polar surface area (TPSA) is 76.4 Å². The van der Waals surface area contributed by atoms with E-state index in [-0.39, 0.29) is 0 Å². The number of nitrogens with two attached hydrogens (primary N) is 2. The summed E-state index contributed by atoms with van der Waals surface area (Å²) in [6.45, 7) is 7.51. The second-order valence-corrected chi connectivity index (χ2v) is 3.52. The van der Waals surface area contributed by atoms with Crippen LogP contribution < -0.4 is 16.8 Å². The van der Waals surface area contributed by atoms with E-state index in [4.69, 9.17) is 11.5 Å². The standard InChI is InChI=1S/C14H22N4/c1-5-12(14(6-2)18-10-15)9-13(11(3)16)7-8-17-4/h5-10,17H,1,16H2,2-4H3,(H2,15,18)/b8-7-,12-9+,13-11-,14-6-. The van der Waals surface area contributed by atoms with Gasteiger partial charge in [-0.15, -0.1) is 0 Å². The van der Waals surface area contributed by atoms with Crippen molar-refractivity contribution in [3.05, 3.63) is 59.6 Å². The molecule has 0 aliphatic carbocycles. The number of aliphatic imine (C=N–C) groups is 1. The first-order chi connectivity index (χ1) is 8.60. The smallest absolute Gasteiger partial charge is 0.0860 e. The van der Waals surface area contributed by atoms with Crippen LogP contribution in [0.2, 0.25) is 0 Å². The highest BCUT2D eigenvalue weighted by Gasteiger charge is 2.00. The van der Waals surface area contributed by atoms with Crippen LogP contribution in [0.3, 0.4) is 0 Å². The van der Waals surface area contributed by atoms with Gasteiger partial charge in [0.25, 0.3) is 0 Å². The normalized spacial score (nSPS) is 15.1. The first-order valence-electron chi connectivity index (χ1n) is 5.65. The fourth-order valence-electron chi connectivity index (χ4n) is 1.27. The highest BCUT2D eigenvalue weighted by Crippen LogP contribution is 2.16. The van der Waals surface area contributed by atoms with Crippen LogP contribution in [0.1, 0.15) is 13.8 Å². The number of nitrogens with one attached hydrogen (secondary N) is 1. The minimum Gasteiger partial charge on any atom is -0.402 e. The van der Waals surface area contributed by atoms with Gasteiger partial charge in [0.1, 0.15) is 0 Å². The largest absolute Gasteiger partial charge is 0.402 e. The van der Waals surface area contributed by atoms with Crippen molar-refractivity contribution in [3.8, 4) is 0 Å². The molecule has 0 spiro atoms. The molecule has 0 aliphatic heterocycles. The van der Waals surface area contributed by atoms with Crippen LogP contribution >= 0.6 is 0 Å². The molecular weight excluding hydrogens is 224 g/mol. The predicted octanol–water partition coefficient (Wildman–Crippen LogP) is 1.96. The van der Waals surface area contributed by atoms with Gasteiger partial charge in [-0.2, -0.15) is 0 Å². The molecule has 4 heteroatoms. The molecule has 0 amide bonds. The van der Waals surface area contributed by atoms with E-state index in [2.05, 4.69) is 16.9 Å². The van der Waals surface area contributed by atoms with Gasteiger partial charge in [0.2, 0.25) is 0 Å². The SMILES string of the molecule is C=CC(=C\C(\C=C/NC)=C(\C)N)/C(=C/C)N=CN. The zero-order valence-electron chi connectivity index (χ0n) is 11.3. The number of allylic oxidation sites excluding steroid dienone is 6. The number of hydrogen-bond acceptors (Lipinski definition) is 3. The van der Waals surface area contributed by atoms with Crippen LogP contribution in [0.4, 0.5) is 0 Å². The van der Waals surface area contributed by atoms with Crippen LogP contribution in [0.5, 0.6) is 0 Å². The zero-order chi connectivity index (χ0) is 14.0. The van der Waals surface area contributed by atoms with E-state index in [0.29, 0.717) is 5.70 Å². The Morgan fingerprint density at radius 3 is 2.44 bits per heavy atom. The van der Waals surface area contributed by atoms with Crippen molar-refractivity contribution in [2.75, 3.05) is 7.05 Å². The number of hydrogen-bond donors (Lipinski definition) is 3. The maximum atomic E-state index is 5.84. The van der Waals surface area contributed by atoms with Crippen LogP contribution in [0.15, 0.2) is 64.6 Å². The summed E-state index contributed by atoms with van der Waals surface area (Å²) in [7, 11) is 1.83. The van der Waals surface area contributed by atoms with Crippen LogP contribution in [0.25, 0.3) is 0 Å².